The van der Waals surface area contributed by atoms with Gasteiger partial charge < -0.3 is 25.4 Å². The fourth-order valence-corrected chi connectivity index (χ4v) is 2.66. The minimum atomic E-state index is -0.0800. The van der Waals surface area contributed by atoms with Crippen molar-refractivity contribution in [1.29, 1.82) is 0 Å². The molecule has 1 rings (SSSR count). The fourth-order valence-electron chi connectivity index (χ4n) is 2.66. The summed E-state index contributed by atoms with van der Waals surface area (Å²) in [5, 5.41) is 9.20. The minimum Gasteiger partial charge on any atom is -0.383 e. The van der Waals surface area contributed by atoms with E-state index in [0.29, 0.717) is 19.1 Å². The van der Waals surface area contributed by atoms with Gasteiger partial charge in [-0.3, -0.25) is 9.79 Å². The second-order valence-electron chi connectivity index (χ2n) is 6.74. The lowest BCUT2D eigenvalue weighted by Gasteiger charge is -2.52. The van der Waals surface area contributed by atoms with Gasteiger partial charge in [0.2, 0.25) is 5.91 Å². The van der Waals surface area contributed by atoms with Crippen LogP contribution in [0.25, 0.3) is 0 Å². The third-order valence-corrected chi connectivity index (χ3v) is 4.57. The number of ether oxygens (including phenoxy) is 2. The van der Waals surface area contributed by atoms with E-state index in [4.69, 9.17) is 9.47 Å². The number of aliphatic imine (C=N–C) groups is 1. The molecule has 1 saturated carbocycles. The maximum atomic E-state index is 11.7. The van der Waals surface area contributed by atoms with Crippen LogP contribution in [0.2, 0.25) is 0 Å². The number of nitrogens with zero attached hydrogens (tertiary/aromatic N) is 1. The molecular formula is C17H34N4O3. The summed E-state index contributed by atoms with van der Waals surface area (Å²) >= 11 is 0. The Morgan fingerprint density at radius 1 is 1.29 bits per heavy atom. The van der Waals surface area contributed by atoms with E-state index >= 15 is 0 Å². The molecule has 7 nitrogen and oxygen atoms in total. The van der Waals surface area contributed by atoms with Crippen LogP contribution >= 0.6 is 0 Å². The number of nitrogens with one attached hydrogen (secondary N) is 3. The highest BCUT2D eigenvalue weighted by molar-refractivity contribution is 5.86. The van der Waals surface area contributed by atoms with Crippen molar-refractivity contribution < 1.29 is 14.3 Å². The van der Waals surface area contributed by atoms with Crippen LogP contribution in [0, 0.1) is 5.41 Å². The molecule has 0 radical (unpaired) electrons. The van der Waals surface area contributed by atoms with Gasteiger partial charge in [0.15, 0.2) is 5.96 Å². The molecule has 140 valence electrons. The molecular weight excluding hydrogens is 308 g/mol. The van der Waals surface area contributed by atoms with Gasteiger partial charge in [0.25, 0.3) is 0 Å². The van der Waals surface area contributed by atoms with Crippen molar-refractivity contribution in [3.05, 3.63) is 0 Å². The van der Waals surface area contributed by atoms with Gasteiger partial charge in [-0.15, -0.1) is 0 Å². The van der Waals surface area contributed by atoms with Crippen LogP contribution in [0.5, 0.6) is 0 Å². The van der Waals surface area contributed by atoms with Crippen molar-refractivity contribution in [3.8, 4) is 0 Å². The minimum absolute atomic E-state index is 0.0477. The number of unbranched alkanes of at least 4 members (excludes halogenated alkanes) is 1. The van der Waals surface area contributed by atoms with Crippen LogP contribution in [0.3, 0.4) is 0 Å². The third-order valence-electron chi connectivity index (χ3n) is 4.57. The van der Waals surface area contributed by atoms with Crippen molar-refractivity contribution in [3.63, 3.8) is 0 Å². The second-order valence-corrected chi connectivity index (χ2v) is 6.74. The van der Waals surface area contributed by atoms with Crippen molar-refractivity contribution in [2.24, 2.45) is 10.4 Å². The number of carbonyl (C=O) groups is 1. The Bertz CT molecular complexity index is 413. The fraction of sp³-hybridized carbons (Fsp3) is 0.882. The topological polar surface area (TPSA) is 84.0 Å². The lowest BCUT2D eigenvalue weighted by molar-refractivity contribution is -0.120. The van der Waals surface area contributed by atoms with Gasteiger partial charge in [-0.05, 0) is 12.8 Å². The van der Waals surface area contributed by atoms with Crippen LogP contribution in [-0.4, -0.2) is 64.5 Å². The summed E-state index contributed by atoms with van der Waals surface area (Å²) < 4.78 is 10.9. The molecule has 24 heavy (non-hydrogen) atoms. The lowest BCUT2D eigenvalue weighted by Crippen LogP contribution is -2.63. The highest BCUT2D eigenvalue weighted by atomic mass is 16.5. The van der Waals surface area contributed by atoms with Crippen molar-refractivity contribution in [2.45, 2.75) is 52.2 Å². The van der Waals surface area contributed by atoms with E-state index in [9.17, 15) is 4.79 Å². The van der Waals surface area contributed by atoms with Gasteiger partial charge in [0.1, 0.15) is 0 Å². The summed E-state index contributed by atoms with van der Waals surface area (Å²) in [7, 11) is 3.31. The molecule has 0 aromatic rings. The molecule has 1 aliphatic rings. The Kier molecular flexibility index (Phi) is 9.07. The van der Waals surface area contributed by atoms with Gasteiger partial charge in [-0.1, -0.05) is 27.2 Å². The van der Waals surface area contributed by atoms with E-state index in [1.165, 1.54) is 0 Å². The molecule has 2 atom stereocenters. The van der Waals surface area contributed by atoms with Crippen molar-refractivity contribution >= 4 is 11.9 Å². The molecule has 0 heterocycles. The number of rotatable bonds is 10. The first kappa shape index (κ1) is 20.7. The monoisotopic (exact) mass is 342 g/mol. The van der Waals surface area contributed by atoms with Gasteiger partial charge >= 0.3 is 0 Å². The molecule has 0 aliphatic heterocycles. The molecule has 2 unspecified atom stereocenters. The summed E-state index contributed by atoms with van der Waals surface area (Å²) in [5.74, 6) is 0.561. The quantitative estimate of drug-likeness (QED) is 0.312. The summed E-state index contributed by atoms with van der Waals surface area (Å²) in [4.78, 5) is 15.9. The van der Waals surface area contributed by atoms with E-state index in [-0.39, 0.29) is 30.0 Å². The predicted octanol–water partition coefficient (Wildman–Crippen LogP) is 0.898. The molecule has 1 aliphatic carbocycles. The highest BCUT2D eigenvalue weighted by Gasteiger charge is 2.49. The van der Waals surface area contributed by atoms with Crippen LogP contribution in [-0.2, 0) is 14.3 Å². The van der Waals surface area contributed by atoms with Crippen LogP contribution in [0.15, 0.2) is 4.99 Å². The molecule has 0 aromatic carbocycles. The van der Waals surface area contributed by atoms with Gasteiger partial charge in [-0.25, -0.2) is 0 Å². The lowest BCUT2D eigenvalue weighted by atomic mass is 9.64. The van der Waals surface area contributed by atoms with Crippen LogP contribution < -0.4 is 16.0 Å². The molecule has 1 fully saturated rings. The Labute approximate surface area is 146 Å². The smallest absolute Gasteiger partial charge is 0.239 e. The first-order valence-corrected chi connectivity index (χ1v) is 8.80. The normalized spacial score (nSPS) is 22.6. The Hall–Kier alpha value is -1.34. The Morgan fingerprint density at radius 2 is 2.04 bits per heavy atom. The van der Waals surface area contributed by atoms with Gasteiger partial charge in [-0.2, -0.15) is 0 Å². The number of amides is 1. The maximum Gasteiger partial charge on any atom is 0.239 e. The third kappa shape index (κ3) is 6.28. The predicted molar refractivity (Wildman–Crippen MR) is 96.2 cm³/mol. The average molecular weight is 342 g/mol. The first-order chi connectivity index (χ1) is 11.5. The zero-order valence-corrected chi connectivity index (χ0v) is 15.8. The first-order valence-electron chi connectivity index (χ1n) is 8.80. The highest BCUT2D eigenvalue weighted by Crippen LogP contribution is 2.42. The SMILES string of the molecule is CCCCOC1CC(NC(=NC)NCC(=O)NCCOC)C1(C)C. The second kappa shape index (κ2) is 10.5. The Morgan fingerprint density at radius 3 is 2.62 bits per heavy atom. The molecule has 3 N–H and O–H groups in total. The molecule has 0 aromatic heterocycles. The largest absolute Gasteiger partial charge is 0.383 e. The number of guanidine groups is 1. The van der Waals surface area contributed by atoms with E-state index < -0.39 is 0 Å². The molecule has 7 heteroatoms. The summed E-state index contributed by atoms with van der Waals surface area (Å²) in [5.41, 5.74) is 0.0477. The van der Waals surface area contributed by atoms with Gasteiger partial charge in [0, 0.05) is 38.8 Å². The van der Waals surface area contributed by atoms with E-state index in [2.05, 4.69) is 41.7 Å². The standard InChI is InChI=1S/C17H34N4O3/c1-6-7-9-24-14-11-13(17(14,2)3)21-16(18-4)20-12-15(22)19-8-10-23-5/h13-14H,6-12H2,1-5H3,(H,19,22)(H2,18,20,21). The van der Waals surface area contributed by atoms with Crippen molar-refractivity contribution in [1.82, 2.24) is 16.0 Å². The number of hydrogen-bond donors (Lipinski definition) is 3. The molecule has 0 bridgehead atoms. The zero-order chi connectivity index (χ0) is 18.0. The van der Waals surface area contributed by atoms with E-state index in [0.717, 1.165) is 25.9 Å². The van der Waals surface area contributed by atoms with Crippen molar-refractivity contribution in [2.75, 3.05) is 40.5 Å². The molecule has 1 amide bonds. The maximum absolute atomic E-state index is 11.7. The molecule has 0 spiro atoms. The van der Waals surface area contributed by atoms with E-state index in [1.807, 2.05) is 0 Å². The Balaban J connectivity index is 2.32. The number of methoxy groups -OCH3 is 1. The van der Waals surface area contributed by atoms with E-state index in [1.54, 1.807) is 14.2 Å². The summed E-state index contributed by atoms with van der Waals surface area (Å²) in [6.07, 6.45) is 3.48. The van der Waals surface area contributed by atoms with Crippen LogP contribution in [0.1, 0.15) is 40.0 Å². The summed E-state index contributed by atoms with van der Waals surface area (Å²) in [6.45, 7) is 8.61. The summed E-state index contributed by atoms with van der Waals surface area (Å²) in [6, 6.07) is 0.284. The average Bonchev–Trinajstić information content (AvgIpc) is 2.56. The number of hydrogen-bond acceptors (Lipinski definition) is 4. The van der Waals surface area contributed by atoms with Crippen LogP contribution in [0.4, 0.5) is 0 Å². The number of carbonyl (C=O) groups excluding carboxylic acids is 1. The molecule has 0 saturated heterocycles. The van der Waals surface area contributed by atoms with Gasteiger partial charge in [0.05, 0.1) is 19.3 Å². The zero-order valence-electron chi connectivity index (χ0n) is 15.8.